The number of carbonyl (C=O) groups excluding carboxylic acids is 1. The molecule has 1 heterocycles. The van der Waals surface area contributed by atoms with Crippen LogP contribution < -0.4 is 10.1 Å². The van der Waals surface area contributed by atoms with Gasteiger partial charge < -0.3 is 14.8 Å². The molecule has 0 aromatic heterocycles. The molecule has 1 saturated heterocycles. The van der Waals surface area contributed by atoms with Gasteiger partial charge in [0.25, 0.3) is 5.91 Å². The number of halogens is 1. The highest BCUT2D eigenvalue weighted by Crippen LogP contribution is 2.19. The molecule has 1 amide bonds. The van der Waals surface area contributed by atoms with E-state index in [1.54, 1.807) is 12.1 Å². The normalized spacial score (nSPS) is 17.0. The van der Waals surface area contributed by atoms with Gasteiger partial charge in [-0.25, -0.2) is 0 Å². The molecule has 0 aliphatic carbocycles. The van der Waals surface area contributed by atoms with E-state index in [0.717, 1.165) is 35.4 Å². The number of nitrogens with one attached hydrogen (secondary N) is 1. The summed E-state index contributed by atoms with van der Waals surface area (Å²) in [5.74, 6) is 0.605. The van der Waals surface area contributed by atoms with Crippen LogP contribution in [0, 0.1) is 0 Å². The Balaban J connectivity index is 1.56. The van der Waals surface area contributed by atoms with Gasteiger partial charge in [-0.15, -0.1) is 0 Å². The number of benzene rings is 2. The van der Waals surface area contributed by atoms with Crippen LogP contribution in [0.4, 0.5) is 5.69 Å². The average molecular weight is 376 g/mol. The van der Waals surface area contributed by atoms with Crippen LogP contribution in [-0.4, -0.2) is 25.2 Å². The number of amides is 1. The van der Waals surface area contributed by atoms with Crippen molar-refractivity contribution >= 4 is 27.5 Å². The Labute approximate surface area is 143 Å². The van der Waals surface area contributed by atoms with Crippen molar-refractivity contribution in [3.05, 3.63) is 58.6 Å². The summed E-state index contributed by atoms with van der Waals surface area (Å²) in [4.78, 5) is 12.2. The molecule has 1 aliphatic rings. The fraction of sp³-hybridized carbons (Fsp3) is 0.278. The zero-order valence-corrected chi connectivity index (χ0v) is 14.2. The first-order valence-corrected chi connectivity index (χ1v) is 8.41. The van der Waals surface area contributed by atoms with E-state index in [0.29, 0.717) is 12.2 Å². The lowest BCUT2D eigenvalue weighted by molar-refractivity contribution is 0.0679. The Bertz CT molecular complexity index is 666. The fourth-order valence-electron chi connectivity index (χ4n) is 2.44. The van der Waals surface area contributed by atoms with E-state index in [1.165, 1.54) is 0 Å². The second-order valence-corrected chi connectivity index (χ2v) is 6.35. The molecule has 0 bridgehead atoms. The molecule has 1 atom stereocenters. The number of anilines is 1. The number of hydrogen-bond acceptors (Lipinski definition) is 3. The lowest BCUT2D eigenvalue weighted by Gasteiger charge is -2.12. The molecule has 0 saturated carbocycles. The first kappa shape index (κ1) is 16.0. The largest absolute Gasteiger partial charge is 0.491 e. The van der Waals surface area contributed by atoms with Crippen LogP contribution in [0.1, 0.15) is 23.2 Å². The quantitative estimate of drug-likeness (QED) is 0.848. The second kappa shape index (κ2) is 7.62. The van der Waals surface area contributed by atoms with Crippen LogP contribution in [0.2, 0.25) is 0 Å². The summed E-state index contributed by atoms with van der Waals surface area (Å²) >= 11 is 3.38. The minimum Gasteiger partial charge on any atom is -0.491 e. The molecule has 1 fully saturated rings. The van der Waals surface area contributed by atoms with Gasteiger partial charge in [-0.1, -0.05) is 22.0 Å². The van der Waals surface area contributed by atoms with Gasteiger partial charge in [-0.3, -0.25) is 4.79 Å². The first-order valence-electron chi connectivity index (χ1n) is 7.62. The summed E-state index contributed by atoms with van der Waals surface area (Å²) in [6, 6.07) is 14.6. The molecule has 1 N–H and O–H groups in total. The van der Waals surface area contributed by atoms with Gasteiger partial charge in [0.05, 0.1) is 6.10 Å². The lowest BCUT2D eigenvalue weighted by atomic mass is 10.2. The number of hydrogen-bond donors (Lipinski definition) is 1. The highest BCUT2D eigenvalue weighted by Gasteiger charge is 2.16. The van der Waals surface area contributed by atoms with Crippen molar-refractivity contribution in [3.63, 3.8) is 0 Å². The first-order chi connectivity index (χ1) is 11.2. The number of ether oxygens (including phenoxy) is 2. The van der Waals surface area contributed by atoms with Crippen LogP contribution in [-0.2, 0) is 4.74 Å². The maximum absolute atomic E-state index is 12.2. The molecule has 0 radical (unpaired) electrons. The molecule has 5 heteroatoms. The highest BCUT2D eigenvalue weighted by molar-refractivity contribution is 9.10. The molecular weight excluding hydrogens is 358 g/mol. The SMILES string of the molecule is O=C(Nc1cccc(Br)c1)c1ccc(OCC2CCCO2)cc1. The monoisotopic (exact) mass is 375 g/mol. The van der Waals surface area contributed by atoms with Crippen molar-refractivity contribution in [1.82, 2.24) is 0 Å². The Hall–Kier alpha value is -1.85. The maximum atomic E-state index is 12.2. The van der Waals surface area contributed by atoms with Gasteiger partial charge in [0.15, 0.2) is 0 Å². The van der Waals surface area contributed by atoms with Crippen LogP contribution in [0.25, 0.3) is 0 Å². The van der Waals surface area contributed by atoms with E-state index in [-0.39, 0.29) is 12.0 Å². The van der Waals surface area contributed by atoms with E-state index in [1.807, 2.05) is 36.4 Å². The molecule has 2 aromatic carbocycles. The minimum absolute atomic E-state index is 0.145. The van der Waals surface area contributed by atoms with Gasteiger partial charge in [0, 0.05) is 22.3 Å². The molecule has 0 spiro atoms. The van der Waals surface area contributed by atoms with E-state index < -0.39 is 0 Å². The molecule has 1 unspecified atom stereocenters. The summed E-state index contributed by atoms with van der Waals surface area (Å²) < 4.78 is 12.1. The predicted molar refractivity (Wildman–Crippen MR) is 93.0 cm³/mol. The van der Waals surface area contributed by atoms with E-state index >= 15 is 0 Å². The van der Waals surface area contributed by atoms with Crippen molar-refractivity contribution in [2.24, 2.45) is 0 Å². The zero-order valence-electron chi connectivity index (χ0n) is 12.6. The Morgan fingerprint density at radius 3 is 2.78 bits per heavy atom. The van der Waals surface area contributed by atoms with Gasteiger partial charge in [-0.05, 0) is 55.3 Å². The molecule has 2 aromatic rings. The Morgan fingerprint density at radius 2 is 2.09 bits per heavy atom. The van der Waals surface area contributed by atoms with Gasteiger partial charge in [0.2, 0.25) is 0 Å². The third-order valence-corrected chi connectivity index (χ3v) is 4.15. The van der Waals surface area contributed by atoms with Crippen LogP contribution >= 0.6 is 15.9 Å². The van der Waals surface area contributed by atoms with Crippen molar-refractivity contribution in [2.45, 2.75) is 18.9 Å². The highest BCUT2D eigenvalue weighted by atomic mass is 79.9. The molecule has 23 heavy (non-hydrogen) atoms. The predicted octanol–water partition coefficient (Wildman–Crippen LogP) is 4.26. The summed E-state index contributed by atoms with van der Waals surface area (Å²) in [7, 11) is 0. The van der Waals surface area contributed by atoms with E-state index in [9.17, 15) is 4.79 Å². The van der Waals surface area contributed by atoms with Gasteiger partial charge >= 0.3 is 0 Å². The van der Waals surface area contributed by atoms with Gasteiger partial charge in [-0.2, -0.15) is 0 Å². The lowest BCUT2D eigenvalue weighted by Crippen LogP contribution is -2.16. The topological polar surface area (TPSA) is 47.6 Å². The number of carbonyl (C=O) groups is 1. The Morgan fingerprint density at radius 1 is 1.26 bits per heavy atom. The maximum Gasteiger partial charge on any atom is 0.255 e. The average Bonchev–Trinajstić information content (AvgIpc) is 3.07. The van der Waals surface area contributed by atoms with Crippen molar-refractivity contribution in [3.8, 4) is 5.75 Å². The van der Waals surface area contributed by atoms with Crippen molar-refractivity contribution in [1.29, 1.82) is 0 Å². The summed E-state index contributed by atoms with van der Waals surface area (Å²) in [5.41, 5.74) is 1.34. The second-order valence-electron chi connectivity index (χ2n) is 5.43. The zero-order chi connectivity index (χ0) is 16.1. The number of rotatable bonds is 5. The third-order valence-electron chi connectivity index (χ3n) is 3.66. The minimum atomic E-state index is -0.145. The molecular formula is C18H18BrNO3. The van der Waals surface area contributed by atoms with E-state index in [2.05, 4.69) is 21.2 Å². The van der Waals surface area contributed by atoms with Crippen molar-refractivity contribution in [2.75, 3.05) is 18.5 Å². The van der Waals surface area contributed by atoms with Crippen LogP contribution in [0.3, 0.4) is 0 Å². The van der Waals surface area contributed by atoms with Gasteiger partial charge in [0.1, 0.15) is 12.4 Å². The molecule has 1 aliphatic heterocycles. The molecule has 120 valence electrons. The summed E-state index contributed by atoms with van der Waals surface area (Å²) in [5, 5.41) is 2.87. The van der Waals surface area contributed by atoms with Crippen LogP contribution in [0.15, 0.2) is 53.0 Å². The summed E-state index contributed by atoms with van der Waals surface area (Å²) in [6.45, 7) is 1.38. The molecule has 4 nitrogen and oxygen atoms in total. The smallest absolute Gasteiger partial charge is 0.255 e. The van der Waals surface area contributed by atoms with Crippen molar-refractivity contribution < 1.29 is 14.3 Å². The molecule has 3 rings (SSSR count). The Kier molecular flexibility index (Phi) is 5.31. The van der Waals surface area contributed by atoms with Crippen LogP contribution in [0.5, 0.6) is 5.75 Å². The summed E-state index contributed by atoms with van der Waals surface area (Å²) in [6.07, 6.45) is 2.34. The van der Waals surface area contributed by atoms with E-state index in [4.69, 9.17) is 9.47 Å². The fourth-order valence-corrected chi connectivity index (χ4v) is 2.84. The third kappa shape index (κ3) is 4.56. The standard InChI is InChI=1S/C18H18BrNO3/c19-14-3-1-4-15(11-14)20-18(21)13-6-8-16(9-7-13)23-12-17-5-2-10-22-17/h1,3-4,6-9,11,17H,2,5,10,12H2,(H,20,21).